The quantitative estimate of drug-likeness (QED) is 0.487. The van der Waals surface area contributed by atoms with Crippen LogP contribution in [0, 0.1) is 0 Å². The van der Waals surface area contributed by atoms with Crippen molar-refractivity contribution in [2.45, 2.75) is 26.3 Å². The molecule has 1 N–H and O–H groups in total. The first-order valence-corrected chi connectivity index (χ1v) is 9.27. The van der Waals surface area contributed by atoms with E-state index in [0.29, 0.717) is 17.6 Å². The summed E-state index contributed by atoms with van der Waals surface area (Å²) in [7, 11) is 0. The van der Waals surface area contributed by atoms with Gasteiger partial charge < -0.3 is 5.32 Å². The molecule has 0 fully saturated rings. The smallest absolute Gasteiger partial charge is 0.162 e. The monoisotopic (exact) mass is 377 g/mol. The molecule has 0 saturated carbocycles. The number of anilines is 1. The lowest BCUT2D eigenvalue weighted by atomic mass is 10.1. The van der Waals surface area contributed by atoms with E-state index in [1.54, 1.807) is 12.3 Å². The maximum absolute atomic E-state index is 6.23. The Hall–Kier alpha value is -2.92. The van der Waals surface area contributed by atoms with Gasteiger partial charge >= 0.3 is 0 Å². The van der Waals surface area contributed by atoms with Crippen LogP contribution in [0.3, 0.4) is 0 Å². The van der Waals surface area contributed by atoms with E-state index in [1.807, 2.05) is 23.0 Å². The molecule has 27 heavy (non-hydrogen) atoms. The highest BCUT2D eigenvalue weighted by Crippen LogP contribution is 2.24. The summed E-state index contributed by atoms with van der Waals surface area (Å²) in [5, 5.41) is 8.35. The minimum absolute atomic E-state index is 0.335. The molecule has 0 aliphatic rings. The molecule has 0 radical (unpaired) electrons. The van der Waals surface area contributed by atoms with E-state index in [9.17, 15) is 0 Å². The van der Waals surface area contributed by atoms with Crippen molar-refractivity contribution in [3.63, 3.8) is 0 Å². The van der Waals surface area contributed by atoms with Crippen molar-refractivity contribution in [1.29, 1.82) is 0 Å². The van der Waals surface area contributed by atoms with Crippen LogP contribution < -0.4 is 5.32 Å². The first-order chi connectivity index (χ1) is 13.1. The van der Waals surface area contributed by atoms with Crippen LogP contribution in [0.2, 0.25) is 5.15 Å². The van der Waals surface area contributed by atoms with Gasteiger partial charge in [-0.15, -0.1) is 0 Å². The molecular weight excluding hydrogens is 358 g/mol. The average molecular weight is 378 g/mol. The summed E-state index contributed by atoms with van der Waals surface area (Å²) in [5.41, 5.74) is 5.31. The largest absolute Gasteiger partial charge is 0.366 e. The topological polar surface area (TPSA) is 55.1 Å². The second-order valence-electron chi connectivity index (χ2n) is 6.75. The molecule has 0 bridgehead atoms. The third-order valence-electron chi connectivity index (χ3n) is 4.51. The highest BCUT2D eigenvalue weighted by atomic mass is 35.5. The summed E-state index contributed by atoms with van der Waals surface area (Å²) in [6, 6.07) is 14.2. The Morgan fingerprint density at radius 3 is 2.59 bits per heavy atom. The second-order valence-corrected chi connectivity index (χ2v) is 7.13. The Labute approximate surface area is 163 Å². The molecule has 1 aromatic carbocycles. The molecule has 0 aliphatic heterocycles. The molecule has 0 amide bonds. The molecule has 4 aromatic rings. The van der Waals surface area contributed by atoms with Crippen LogP contribution in [-0.2, 0) is 6.54 Å². The lowest BCUT2D eigenvalue weighted by Crippen LogP contribution is -2.06. The molecule has 3 aromatic heterocycles. The van der Waals surface area contributed by atoms with E-state index in [4.69, 9.17) is 11.6 Å². The Morgan fingerprint density at radius 2 is 1.89 bits per heavy atom. The van der Waals surface area contributed by atoms with Crippen LogP contribution in [0.5, 0.6) is 0 Å². The van der Waals surface area contributed by atoms with E-state index >= 15 is 0 Å². The van der Waals surface area contributed by atoms with Crippen molar-refractivity contribution >= 4 is 23.1 Å². The SMILES string of the molecule is CC(C)c1cnn2c(NCc3ccc(-c4cccnc4)cc3)cc(Cl)nc12. The Bertz CT molecular complexity index is 1060. The van der Waals surface area contributed by atoms with Crippen molar-refractivity contribution in [2.24, 2.45) is 0 Å². The number of nitrogens with zero attached hydrogens (tertiary/aromatic N) is 4. The summed E-state index contributed by atoms with van der Waals surface area (Å²) in [6.45, 7) is 4.91. The van der Waals surface area contributed by atoms with Crippen molar-refractivity contribution in [2.75, 3.05) is 5.32 Å². The number of hydrogen-bond acceptors (Lipinski definition) is 4. The summed E-state index contributed by atoms with van der Waals surface area (Å²) in [5.74, 6) is 1.16. The van der Waals surface area contributed by atoms with E-state index in [-0.39, 0.29) is 0 Å². The zero-order valence-electron chi connectivity index (χ0n) is 15.2. The molecule has 0 aliphatic carbocycles. The Balaban J connectivity index is 1.55. The maximum Gasteiger partial charge on any atom is 0.162 e. The van der Waals surface area contributed by atoms with Gasteiger partial charge in [0, 0.05) is 30.6 Å². The van der Waals surface area contributed by atoms with Crippen molar-refractivity contribution in [1.82, 2.24) is 19.6 Å². The van der Waals surface area contributed by atoms with Crippen molar-refractivity contribution in [3.8, 4) is 11.1 Å². The normalized spacial score (nSPS) is 11.3. The number of benzene rings is 1. The van der Waals surface area contributed by atoms with E-state index in [1.165, 1.54) is 5.56 Å². The molecule has 6 heteroatoms. The standard InChI is InChI=1S/C21H20ClN5/c1-14(2)18-13-25-27-20(10-19(22)26-21(18)27)24-11-15-5-7-16(8-6-15)17-4-3-9-23-12-17/h3-10,12-14,24H,11H2,1-2H3. The first-order valence-electron chi connectivity index (χ1n) is 8.89. The van der Waals surface area contributed by atoms with Gasteiger partial charge in [-0.3, -0.25) is 4.98 Å². The van der Waals surface area contributed by atoms with E-state index in [2.05, 4.69) is 64.6 Å². The van der Waals surface area contributed by atoms with Gasteiger partial charge in [-0.2, -0.15) is 9.61 Å². The molecule has 4 rings (SSSR count). The van der Waals surface area contributed by atoms with Gasteiger partial charge in [-0.25, -0.2) is 4.98 Å². The Morgan fingerprint density at radius 1 is 1.07 bits per heavy atom. The number of halogens is 1. The zero-order valence-corrected chi connectivity index (χ0v) is 16.0. The minimum atomic E-state index is 0.335. The van der Waals surface area contributed by atoms with Crippen LogP contribution >= 0.6 is 11.6 Å². The molecular formula is C21H20ClN5. The summed E-state index contributed by atoms with van der Waals surface area (Å²) in [4.78, 5) is 8.61. The van der Waals surface area contributed by atoms with Gasteiger partial charge in [0.15, 0.2) is 5.65 Å². The number of nitrogens with one attached hydrogen (secondary N) is 1. The minimum Gasteiger partial charge on any atom is -0.366 e. The van der Waals surface area contributed by atoms with Crippen LogP contribution in [-0.4, -0.2) is 19.6 Å². The van der Waals surface area contributed by atoms with Gasteiger partial charge in [0.1, 0.15) is 11.0 Å². The first kappa shape index (κ1) is 17.5. The predicted molar refractivity (Wildman–Crippen MR) is 109 cm³/mol. The highest BCUT2D eigenvalue weighted by Gasteiger charge is 2.13. The summed E-state index contributed by atoms with van der Waals surface area (Å²) < 4.78 is 1.81. The van der Waals surface area contributed by atoms with Crippen LogP contribution in [0.15, 0.2) is 61.1 Å². The fourth-order valence-corrected chi connectivity index (χ4v) is 3.21. The Kier molecular flexibility index (Phi) is 4.77. The third-order valence-corrected chi connectivity index (χ3v) is 4.71. The van der Waals surface area contributed by atoms with Gasteiger partial charge in [0.05, 0.1) is 6.20 Å². The number of aromatic nitrogens is 4. The van der Waals surface area contributed by atoms with Gasteiger partial charge in [-0.1, -0.05) is 55.8 Å². The van der Waals surface area contributed by atoms with Gasteiger partial charge in [0.2, 0.25) is 0 Å². The summed E-state index contributed by atoms with van der Waals surface area (Å²) >= 11 is 6.23. The van der Waals surface area contributed by atoms with Crippen molar-refractivity contribution in [3.05, 3.63) is 77.3 Å². The zero-order chi connectivity index (χ0) is 18.8. The second kappa shape index (κ2) is 7.37. The van der Waals surface area contributed by atoms with Crippen LogP contribution in [0.25, 0.3) is 16.8 Å². The molecule has 5 nitrogen and oxygen atoms in total. The number of fused-ring (bicyclic) bond motifs is 1. The van der Waals surface area contributed by atoms with Gasteiger partial charge in [-0.05, 0) is 28.7 Å². The van der Waals surface area contributed by atoms with Crippen molar-refractivity contribution < 1.29 is 0 Å². The number of rotatable bonds is 5. The van der Waals surface area contributed by atoms with E-state index in [0.717, 1.165) is 28.2 Å². The molecule has 0 atom stereocenters. The van der Waals surface area contributed by atoms with Gasteiger partial charge in [0.25, 0.3) is 0 Å². The molecule has 0 saturated heterocycles. The van der Waals surface area contributed by atoms with Crippen LogP contribution in [0.1, 0.15) is 30.9 Å². The average Bonchev–Trinajstić information content (AvgIpc) is 3.11. The lowest BCUT2D eigenvalue weighted by molar-refractivity contribution is 0.871. The molecule has 0 spiro atoms. The lowest BCUT2D eigenvalue weighted by Gasteiger charge is -2.10. The summed E-state index contributed by atoms with van der Waals surface area (Å²) in [6.07, 6.45) is 5.51. The van der Waals surface area contributed by atoms with Crippen LogP contribution in [0.4, 0.5) is 5.82 Å². The fraction of sp³-hybridized carbons (Fsp3) is 0.190. The molecule has 136 valence electrons. The maximum atomic E-state index is 6.23. The third kappa shape index (κ3) is 3.64. The molecule has 3 heterocycles. The number of hydrogen-bond donors (Lipinski definition) is 1. The van der Waals surface area contributed by atoms with E-state index < -0.39 is 0 Å². The number of pyridine rings is 1. The predicted octanol–water partition coefficient (Wildman–Crippen LogP) is 5.18. The fourth-order valence-electron chi connectivity index (χ4n) is 3.02. The highest BCUT2D eigenvalue weighted by molar-refractivity contribution is 6.29. The molecule has 0 unspecified atom stereocenters.